The van der Waals surface area contributed by atoms with Crippen molar-refractivity contribution in [3.05, 3.63) is 71.0 Å². The van der Waals surface area contributed by atoms with Gasteiger partial charge in [0.15, 0.2) is 0 Å². The third kappa shape index (κ3) is 5.40. The Hall–Kier alpha value is -1.76. The third-order valence-electron chi connectivity index (χ3n) is 3.80. The molecule has 0 bridgehead atoms. The fourth-order valence-electron chi connectivity index (χ4n) is 2.36. The van der Waals surface area contributed by atoms with Crippen molar-refractivity contribution in [2.75, 3.05) is 6.54 Å². The van der Waals surface area contributed by atoms with Crippen molar-refractivity contribution in [1.29, 1.82) is 0 Å². The Morgan fingerprint density at radius 3 is 2.29 bits per heavy atom. The Kier molecular flexibility index (Phi) is 6.10. The Morgan fingerprint density at radius 1 is 1.08 bits per heavy atom. The van der Waals surface area contributed by atoms with Gasteiger partial charge in [-0.1, -0.05) is 50.2 Å². The fourth-order valence-corrected chi connectivity index (χ4v) is 3.51. The number of hydrogen-bond acceptors (Lipinski definition) is 3. The van der Waals surface area contributed by atoms with Crippen LogP contribution in [0.1, 0.15) is 42.5 Å². The summed E-state index contributed by atoms with van der Waals surface area (Å²) in [7, 11) is -3.57. The molecule has 0 saturated heterocycles. The maximum absolute atomic E-state index is 13.1. The van der Waals surface area contributed by atoms with Gasteiger partial charge in [0, 0.05) is 12.6 Å². The van der Waals surface area contributed by atoms with Gasteiger partial charge < -0.3 is 5.73 Å². The molecule has 4 nitrogen and oxygen atoms in total. The van der Waals surface area contributed by atoms with E-state index in [9.17, 15) is 12.8 Å². The normalized spacial score (nSPS) is 13.2. The molecule has 24 heavy (non-hydrogen) atoms. The van der Waals surface area contributed by atoms with E-state index in [1.54, 1.807) is 6.07 Å². The fraction of sp³-hybridized carbons (Fsp3) is 0.333. The molecule has 1 unspecified atom stereocenters. The molecule has 0 radical (unpaired) electrons. The molecule has 0 aromatic heterocycles. The Bertz CT molecular complexity index is 774. The van der Waals surface area contributed by atoms with E-state index in [4.69, 9.17) is 5.73 Å². The number of halogens is 1. The Morgan fingerprint density at radius 2 is 1.71 bits per heavy atom. The Labute approximate surface area is 142 Å². The molecule has 3 N–H and O–H groups in total. The molecule has 1 atom stereocenters. The van der Waals surface area contributed by atoms with Crippen molar-refractivity contribution >= 4 is 10.0 Å². The first-order chi connectivity index (χ1) is 11.3. The van der Waals surface area contributed by atoms with Gasteiger partial charge in [-0.05, 0) is 34.7 Å². The molecule has 2 aromatic rings. The van der Waals surface area contributed by atoms with Gasteiger partial charge in [-0.25, -0.2) is 17.5 Å². The lowest BCUT2D eigenvalue weighted by molar-refractivity contribution is 0.571. The average molecular weight is 350 g/mol. The third-order valence-corrected chi connectivity index (χ3v) is 5.12. The number of nitrogens with two attached hydrogens (primary N) is 1. The standard InChI is InChI=1S/C18H23FN2O2S/c1-13(2)15-6-8-16(9-7-15)18(20)11-21-24(22,23)12-14-4-3-5-17(19)10-14/h3-10,13,18,21H,11-12,20H2,1-2H3. The molecule has 2 rings (SSSR count). The SMILES string of the molecule is CC(C)c1ccc(C(N)CNS(=O)(=O)Cc2cccc(F)c2)cc1. The average Bonchev–Trinajstić information content (AvgIpc) is 2.52. The summed E-state index contributed by atoms with van der Waals surface area (Å²) in [5, 5.41) is 0. The van der Waals surface area contributed by atoms with Crippen LogP contribution in [-0.2, 0) is 15.8 Å². The highest BCUT2D eigenvalue weighted by Crippen LogP contribution is 2.17. The first kappa shape index (κ1) is 18.6. The maximum Gasteiger partial charge on any atom is 0.215 e. The largest absolute Gasteiger partial charge is 0.323 e. The number of rotatable bonds is 7. The van der Waals surface area contributed by atoms with Crippen molar-refractivity contribution in [3.8, 4) is 0 Å². The van der Waals surface area contributed by atoms with Gasteiger partial charge in [0.25, 0.3) is 0 Å². The van der Waals surface area contributed by atoms with Gasteiger partial charge in [0.05, 0.1) is 5.75 Å². The first-order valence-electron chi connectivity index (χ1n) is 7.84. The molecule has 130 valence electrons. The minimum absolute atomic E-state index is 0.0959. The van der Waals surface area contributed by atoms with Crippen LogP contribution in [0.3, 0.4) is 0 Å². The molecular weight excluding hydrogens is 327 g/mol. The molecule has 0 amide bonds. The molecule has 0 saturated carbocycles. The van der Waals surface area contributed by atoms with Crippen LogP contribution >= 0.6 is 0 Å². The van der Waals surface area contributed by atoms with E-state index in [1.807, 2.05) is 24.3 Å². The zero-order valence-electron chi connectivity index (χ0n) is 13.9. The summed E-state index contributed by atoms with van der Waals surface area (Å²) < 4.78 is 39.8. The summed E-state index contributed by atoms with van der Waals surface area (Å²) in [6.07, 6.45) is 0. The van der Waals surface area contributed by atoms with Crippen molar-refractivity contribution in [2.24, 2.45) is 5.73 Å². The minimum Gasteiger partial charge on any atom is -0.323 e. The first-order valence-corrected chi connectivity index (χ1v) is 9.49. The Balaban J connectivity index is 1.95. The lowest BCUT2D eigenvalue weighted by Gasteiger charge is -2.15. The van der Waals surface area contributed by atoms with E-state index < -0.39 is 21.9 Å². The molecule has 0 heterocycles. The minimum atomic E-state index is -3.57. The van der Waals surface area contributed by atoms with Crippen LogP contribution in [0.2, 0.25) is 0 Å². The summed E-state index contributed by atoms with van der Waals surface area (Å²) in [6, 6.07) is 13.0. The van der Waals surface area contributed by atoms with E-state index in [-0.39, 0.29) is 12.3 Å². The second-order valence-corrected chi connectivity index (χ2v) is 7.97. The van der Waals surface area contributed by atoms with E-state index in [0.717, 1.165) is 5.56 Å². The topological polar surface area (TPSA) is 72.2 Å². The summed E-state index contributed by atoms with van der Waals surface area (Å²) in [5.74, 6) is -0.297. The van der Waals surface area contributed by atoms with Crippen LogP contribution in [0, 0.1) is 5.82 Å². The zero-order chi connectivity index (χ0) is 17.7. The van der Waals surface area contributed by atoms with Gasteiger partial charge in [-0.2, -0.15) is 0 Å². The van der Waals surface area contributed by atoms with Crippen molar-refractivity contribution < 1.29 is 12.8 Å². The highest BCUT2D eigenvalue weighted by molar-refractivity contribution is 7.88. The predicted molar refractivity (Wildman–Crippen MR) is 94.5 cm³/mol. The van der Waals surface area contributed by atoms with Gasteiger partial charge in [-0.15, -0.1) is 0 Å². The van der Waals surface area contributed by atoms with Gasteiger partial charge in [0.1, 0.15) is 5.82 Å². The number of sulfonamides is 1. The summed E-state index contributed by atoms with van der Waals surface area (Å²) in [5.41, 5.74) is 8.53. The van der Waals surface area contributed by atoms with Crippen LogP contribution in [0.5, 0.6) is 0 Å². The molecule has 0 aliphatic heterocycles. The summed E-state index contributed by atoms with van der Waals surface area (Å²) in [6.45, 7) is 4.31. The van der Waals surface area contributed by atoms with E-state index in [0.29, 0.717) is 11.5 Å². The second kappa shape index (κ2) is 7.88. The van der Waals surface area contributed by atoms with Crippen LogP contribution in [0.4, 0.5) is 4.39 Å². The molecule has 6 heteroatoms. The van der Waals surface area contributed by atoms with Gasteiger partial charge >= 0.3 is 0 Å². The smallest absolute Gasteiger partial charge is 0.215 e. The zero-order valence-corrected chi connectivity index (χ0v) is 14.7. The lowest BCUT2D eigenvalue weighted by Crippen LogP contribution is -2.32. The van der Waals surface area contributed by atoms with Crippen LogP contribution in [-0.4, -0.2) is 15.0 Å². The molecule has 0 aliphatic carbocycles. The van der Waals surface area contributed by atoms with Gasteiger partial charge in [0.2, 0.25) is 10.0 Å². The van der Waals surface area contributed by atoms with Crippen LogP contribution in [0.15, 0.2) is 48.5 Å². The molecule has 2 aromatic carbocycles. The molecule has 0 spiro atoms. The maximum atomic E-state index is 13.1. The number of benzene rings is 2. The molecular formula is C18H23FN2O2S. The molecule has 0 fully saturated rings. The van der Waals surface area contributed by atoms with E-state index in [1.165, 1.54) is 23.8 Å². The van der Waals surface area contributed by atoms with Crippen molar-refractivity contribution in [3.63, 3.8) is 0 Å². The van der Waals surface area contributed by atoms with Crippen LogP contribution in [0.25, 0.3) is 0 Å². The summed E-state index contributed by atoms with van der Waals surface area (Å²) >= 11 is 0. The summed E-state index contributed by atoms with van der Waals surface area (Å²) in [4.78, 5) is 0. The quantitative estimate of drug-likeness (QED) is 0.806. The predicted octanol–water partition coefficient (Wildman–Crippen LogP) is 3.07. The number of hydrogen-bond donors (Lipinski definition) is 2. The van der Waals surface area contributed by atoms with Crippen molar-refractivity contribution in [2.45, 2.75) is 31.6 Å². The van der Waals surface area contributed by atoms with E-state index in [2.05, 4.69) is 18.6 Å². The monoisotopic (exact) mass is 350 g/mol. The highest BCUT2D eigenvalue weighted by atomic mass is 32.2. The molecule has 0 aliphatic rings. The second-order valence-electron chi connectivity index (χ2n) is 6.17. The highest BCUT2D eigenvalue weighted by Gasteiger charge is 2.15. The van der Waals surface area contributed by atoms with Crippen LogP contribution < -0.4 is 10.5 Å². The van der Waals surface area contributed by atoms with E-state index >= 15 is 0 Å². The van der Waals surface area contributed by atoms with Gasteiger partial charge in [-0.3, -0.25) is 0 Å². The number of nitrogens with one attached hydrogen (secondary N) is 1. The van der Waals surface area contributed by atoms with Crippen molar-refractivity contribution in [1.82, 2.24) is 4.72 Å². The lowest BCUT2D eigenvalue weighted by atomic mass is 9.99.